The van der Waals surface area contributed by atoms with Gasteiger partial charge < -0.3 is 5.32 Å². The summed E-state index contributed by atoms with van der Waals surface area (Å²) in [6.07, 6.45) is 6.55. The van der Waals surface area contributed by atoms with Gasteiger partial charge in [0.2, 0.25) is 0 Å². The molecule has 17 heavy (non-hydrogen) atoms. The molecule has 1 N–H and O–H groups in total. The van der Waals surface area contributed by atoms with Crippen LogP contribution in [-0.2, 0) is 6.42 Å². The molecule has 1 rings (SSSR count). The summed E-state index contributed by atoms with van der Waals surface area (Å²) < 4.78 is 1.06. The van der Waals surface area contributed by atoms with Crippen LogP contribution < -0.4 is 5.32 Å². The molecule has 2 nitrogen and oxygen atoms in total. The lowest BCUT2D eigenvalue weighted by Gasteiger charge is -2.18. The van der Waals surface area contributed by atoms with E-state index in [-0.39, 0.29) is 0 Å². The zero-order chi connectivity index (χ0) is 12.7. The van der Waals surface area contributed by atoms with E-state index in [2.05, 4.69) is 53.1 Å². The van der Waals surface area contributed by atoms with Crippen LogP contribution in [0.15, 0.2) is 16.7 Å². The molecule has 0 amide bonds. The van der Waals surface area contributed by atoms with Gasteiger partial charge in [0.05, 0.1) is 0 Å². The highest BCUT2D eigenvalue weighted by Crippen LogP contribution is 2.15. The predicted molar refractivity (Wildman–Crippen MR) is 77.4 cm³/mol. The fourth-order valence-corrected chi connectivity index (χ4v) is 2.43. The Bertz CT molecular complexity index is 339. The highest BCUT2D eigenvalue weighted by Gasteiger charge is 2.10. The van der Waals surface area contributed by atoms with Crippen molar-refractivity contribution in [2.75, 3.05) is 6.54 Å². The van der Waals surface area contributed by atoms with E-state index in [4.69, 9.17) is 0 Å². The topological polar surface area (TPSA) is 24.9 Å². The van der Waals surface area contributed by atoms with Gasteiger partial charge in [-0.3, -0.25) is 4.98 Å². The average Bonchev–Trinajstić information content (AvgIpc) is 2.29. The minimum atomic E-state index is 0.562. The van der Waals surface area contributed by atoms with Crippen LogP contribution >= 0.6 is 15.9 Å². The van der Waals surface area contributed by atoms with Crippen molar-refractivity contribution in [3.05, 3.63) is 28.0 Å². The number of pyridine rings is 1. The zero-order valence-electron chi connectivity index (χ0n) is 11.1. The van der Waals surface area contributed by atoms with Crippen LogP contribution in [0, 0.1) is 6.92 Å². The minimum absolute atomic E-state index is 0.562. The highest BCUT2D eigenvalue weighted by molar-refractivity contribution is 9.10. The fourth-order valence-electron chi connectivity index (χ4n) is 1.99. The zero-order valence-corrected chi connectivity index (χ0v) is 12.7. The largest absolute Gasteiger partial charge is 0.314 e. The summed E-state index contributed by atoms with van der Waals surface area (Å²) >= 11 is 3.46. The minimum Gasteiger partial charge on any atom is -0.314 e. The number of halogens is 1. The van der Waals surface area contributed by atoms with Gasteiger partial charge in [0.15, 0.2) is 0 Å². The summed E-state index contributed by atoms with van der Waals surface area (Å²) in [4.78, 5) is 4.52. The van der Waals surface area contributed by atoms with Gasteiger partial charge in [-0.25, -0.2) is 0 Å². The molecule has 1 unspecified atom stereocenters. The third-order valence-electron chi connectivity index (χ3n) is 2.91. The van der Waals surface area contributed by atoms with Gasteiger partial charge in [0.25, 0.3) is 0 Å². The van der Waals surface area contributed by atoms with Crippen molar-refractivity contribution in [2.45, 2.75) is 52.5 Å². The van der Waals surface area contributed by atoms with Crippen LogP contribution in [-0.4, -0.2) is 17.6 Å². The first-order valence-electron chi connectivity index (χ1n) is 6.51. The Morgan fingerprint density at radius 3 is 2.71 bits per heavy atom. The molecule has 1 atom stereocenters. The Labute approximate surface area is 113 Å². The van der Waals surface area contributed by atoms with Crippen molar-refractivity contribution in [2.24, 2.45) is 0 Å². The van der Waals surface area contributed by atoms with E-state index in [0.717, 1.165) is 17.4 Å². The molecular formula is C14H23BrN2. The van der Waals surface area contributed by atoms with Gasteiger partial charge in [-0.05, 0) is 53.9 Å². The quantitative estimate of drug-likeness (QED) is 0.827. The Balaban J connectivity index is 2.64. The van der Waals surface area contributed by atoms with Gasteiger partial charge in [-0.1, -0.05) is 20.3 Å². The second-order valence-corrected chi connectivity index (χ2v) is 5.48. The maximum absolute atomic E-state index is 4.52. The molecule has 0 fully saturated rings. The van der Waals surface area contributed by atoms with Crippen LogP contribution in [0.2, 0.25) is 0 Å². The van der Waals surface area contributed by atoms with Crippen molar-refractivity contribution in [1.82, 2.24) is 10.3 Å². The summed E-state index contributed by atoms with van der Waals surface area (Å²) in [5, 5.41) is 3.61. The number of nitrogens with one attached hydrogen (secondary N) is 1. The number of aryl methyl sites for hydroxylation is 1. The summed E-state index contributed by atoms with van der Waals surface area (Å²) in [6.45, 7) is 7.68. The molecule has 96 valence electrons. The molecule has 0 saturated heterocycles. The molecule has 3 heteroatoms. The Morgan fingerprint density at radius 1 is 1.35 bits per heavy atom. The second-order valence-electron chi connectivity index (χ2n) is 4.56. The highest BCUT2D eigenvalue weighted by atomic mass is 79.9. The monoisotopic (exact) mass is 298 g/mol. The fraction of sp³-hybridized carbons (Fsp3) is 0.643. The standard InChI is InChI=1S/C14H23BrN2/c1-4-6-13(16-7-5-2)9-14-11(3)8-12(15)10-17-14/h8,10,13,16H,4-7,9H2,1-3H3. The van der Waals surface area contributed by atoms with E-state index in [1.54, 1.807) is 0 Å². The lowest BCUT2D eigenvalue weighted by atomic mass is 10.0. The van der Waals surface area contributed by atoms with E-state index in [1.807, 2.05) is 6.20 Å². The van der Waals surface area contributed by atoms with Crippen LogP contribution in [0.3, 0.4) is 0 Å². The normalized spacial score (nSPS) is 12.7. The van der Waals surface area contributed by atoms with Gasteiger partial charge in [-0.15, -0.1) is 0 Å². The first-order chi connectivity index (χ1) is 8.17. The molecule has 0 spiro atoms. The van der Waals surface area contributed by atoms with Gasteiger partial charge in [-0.2, -0.15) is 0 Å². The molecule has 1 aromatic rings. The molecule has 0 bridgehead atoms. The van der Waals surface area contributed by atoms with E-state index < -0.39 is 0 Å². The predicted octanol–water partition coefficient (Wildman–Crippen LogP) is 3.86. The Hall–Kier alpha value is -0.410. The van der Waals surface area contributed by atoms with Gasteiger partial charge in [0.1, 0.15) is 0 Å². The van der Waals surface area contributed by atoms with E-state index in [0.29, 0.717) is 6.04 Å². The third-order valence-corrected chi connectivity index (χ3v) is 3.35. The summed E-state index contributed by atoms with van der Waals surface area (Å²) in [5.74, 6) is 0. The van der Waals surface area contributed by atoms with Crippen molar-refractivity contribution < 1.29 is 0 Å². The van der Waals surface area contributed by atoms with Crippen molar-refractivity contribution in [1.29, 1.82) is 0 Å². The average molecular weight is 299 g/mol. The SMILES string of the molecule is CCCNC(CCC)Cc1ncc(Br)cc1C. The Kier molecular flexibility index (Phi) is 6.75. The summed E-state index contributed by atoms with van der Waals surface area (Å²) in [7, 11) is 0. The number of hydrogen-bond donors (Lipinski definition) is 1. The number of aromatic nitrogens is 1. The van der Waals surface area contributed by atoms with Crippen LogP contribution in [0.5, 0.6) is 0 Å². The van der Waals surface area contributed by atoms with Crippen LogP contribution in [0.25, 0.3) is 0 Å². The second kappa shape index (κ2) is 7.83. The molecule has 0 saturated carbocycles. The lowest BCUT2D eigenvalue weighted by Crippen LogP contribution is -2.32. The number of rotatable bonds is 7. The summed E-state index contributed by atoms with van der Waals surface area (Å²) in [5.41, 5.74) is 2.49. The van der Waals surface area contributed by atoms with E-state index in [1.165, 1.54) is 30.5 Å². The van der Waals surface area contributed by atoms with Crippen molar-refractivity contribution in [3.8, 4) is 0 Å². The summed E-state index contributed by atoms with van der Waals surface area (Å²) in [6, 6.07) is 2.71. The Morgan fingerprint density at radius 2 is 2.12 bits per heavy atom. The van der Waals surface area contributed by atoms with Gasteiger partial charge in [0, 0.05) is 28.8 Å². The van der Waals surface area contributed by atoms with E-state index in [9.17, 15) is 0 Å². The molecule has 0 aliphatic rings. The lowest BCUT2D eigenvalue weighted by molar-refractivity contribution is 0.468. The molecule has 1 heterocycles. The molecule has 0 radical (unpaired) electrons. The first kappa shape index (κ1) is 14.7. The molecule has 0 aromatic carbocycles. The van der Waals surface area contributed by atoms with Crippen LogP contribution in [0.1, 0.15) is 44.4 Å². The van der Waals surface area contributed by atoms with E-state index >= 15 is 0 Å². The van der Waals surface area contributed by atoms with Crippen molar-refractivity contribution >= 4 is 15.9 Å². The first-order valence-corrected chi connectivity index (χ1v) is 7.31. The van der Waals surface area contributed by atoms with Crippen molar-refractivity contribution in [3.63, 3.8) is 0 Å². The molecule has 0 aliphatic heterocycles. The molecule has 0 aliphatic carbocycles. The van der Waals surface area contributed by atoms with Crippen LogP contribution in [0.4, 0.5) is 0 Å². The van der Waals surface area contributed by atoms with Gasteiger partial charge >= 0.3 is 0 Å². The smallest absolute Gasteiger partial charge is 0.0449 e. The maximum atomic E-state index is 4.52. The maximum Gasteiger partial charge on any atom is 0.0449 e. The number of hydrogen-bond acceptors (Lipinski definition) is 2. The molecular weight excluding hydrogens is 276 g/mol. The third kappa shape index (κ3) is 5.17. The molecule has 1 aromatic heterocycles. The number of nitrogens with zero attached hydrogens (tertiary/aromatic N) is 1.